The van der Waals surface area contributed by atoms with E-state index in [1.165, 1.54) is 0 Å². The second-order valence-electron chi connectivity index (χ2n) is 4.93. The summed E-state index contributed by atoms with van der Waals surface area (Å²) >= 11 is 3.31. The third-order valence-electron chi connectivity index (χ3n) is 3.25. The van der Waals surface area contributed by atoms with Crippen molar-refractivity contribution in [3.63, 3.8) is 0 Å². The number of benzene rings is 2. The van der Waals surface area contributed by atoms with E-state index in [0.29, 0.717) is 5.69 Å². The molecule has 2 aromatic rings. The van der Waals surface area contributed by atoms with Crippen LogP contribution in [0.15, 0.2) is 53.0 Å². The second-order valence-corrected chi connectivity index (χ2v) is 5.85. The number of rotatable bonds is 4. The van der Waals surface area contributed by atoms with Crippen LogP contribution in [-0.2, 0) is 9.59 Å². The normalized spacial score (nSPS) is 11.4. The van der Waals surface area contributed by atoms with Gasteiger partial charge in [0.1, 0.15) is 5.75 Å². The van der Waals surface area contributed by atoms with Gasteiger partial charge in [-0.05, 0) is 42.8 Å². The summed E-state index contributed by atoms with van der Waals surface area (Å²) in [6, 6.07) is 14.0. The minimum Gasteiger partial charge on any atom is -0.497 e. The zero-order valence-corrected chi connectivity index (χ0v) is 14.4. The quantitative estimate of drug-likeness (QED) is 0.804. The third kappa shape index (κ3) is 4.82. The van der Waals surface area contributed by atoms with Crippen molar-refractivity contribution in [2.24, 2.45) is 0 Å². The van der Waals surface area contributed by atoms with Gasteiger partial charge in [0, 0.05) is 10.2 Å². The lowest BCUT2D eigenvalue weighted by Crippen LogP contribution is -2.36. The zero-order valence-electron chi connectivity index (χ0n) is 12.8. The number of nitrogens with one attached hydrogen (secondary N) is 2. The molecule has 0 spiro atoms. The van der Waals surface area contributed by atoms with Crippen molar-refractivity contribution in [1.29, 1.82) is 0 Å². The van der Waals surface area contributed by atoms with Gasteiger partial charge in [0.25, 0.3) is 0 Å². The first kappa shape index (κ1) is 17.0. The van der Waals surface area contributed by atoms with Crippen LogP contribution in [0.3, 0.4) is 0 Å². The van der Waals surface area contributed by atoms with Crippen LogP contribution in [0.1, 0.15) is 18.5 Å². The predicted molar refractivity (Wildman–Crippen MR) is 92.3 cm³/mol. The number of halogens is 1. The molecular weight excluding hydrogens is 360 g/mol. The molecule has 0 aliphatic heterocycles. The Morgan fingerprint density at radius 2 is 1.78 bits per heavy atom. The molecule has 0 fully saturated rings. The molecule has 2 amide bonds. The van der Waals surface area contributed by atoms with Gasteiger partial charge in [-0.1, -0.05) is 34.1 Å². The summed E-state index contributed by atoms with van der Waals surface area (Å²) in [6.07, 6.45) is 0. The maximum atomic E-state index is 12.0. The fourth-order valence-electron chi connectivity index (χ4n) is 1.99. The third-order valence-corrected chi connectivity index (χ3v) is 3.75. The highest BCUT2D eigenvalue weighted by molar-refractivity contribution is 9.10. The Labute approximate surface area is 143 Å². The highest BCUT2D eigenvalue weighted by Crippen LogP contribution is 2.18. The smallest absolute Gasteiger partial charge is 0.313 e. The molecule has 0 aliphatic carbocycles. The maximum absolute atomic E-state index is 12.0. The number of amides is 2. The summed E-state index contributed by atoms with van der Waals surface area (Å²) in [5.41, 5.74) is 1.44. The molecule has 0 unspecified atom stereocenters. The number of methoxy groups -OCH3 is 1. The summed E-state index contributed by atoms with van der Waals surface area (Å²) in [7, 11) is 1.59. The summed E-state index contributed by atoms with van der Waals surface area (Å²) in [4.78, 5) is 23.9. The Bertz CT molecular complexity index is 701. The van der Waals surface area contributed by atoms with Crippen LogP contribution in [-0.4, -0.2) is 18.9 Å². The summed E-state index contributed by atoms with van der Waals surface area (Å²) < 4.78 is 5.91. The van der Waals surface area contributed by atoms with Crippen molar-refractivity contribution in [3.8, 4) is 5.75 Å². The van der Waals surface area contributed by atoms with Crippen LogP contribution >= 0.6 is 15.9 Å². The molecule has 120 valence electrons. The number of anilines is 1. The molecule has 0 aliphatic rings. The Kier molecular flexibility index (Phi) is 5.76. The van der Waals surface area contributed by atoms with E-state index in [1.807, 2.05) is 25.1 Å². The lowest BCUT2D eigenvalue weighted by Gasteiger charge is -2.14. The molecule has 1 atom stereocenters. The van der Waals surface area contributed by atoms with Gasteiger partial charge in [0.2, 0.25) is 0 Å². The van der Waals surface area contributed by atoms with Gasteiger partial charge in [-0.2, -0.15) is 0 Å². The van der Waals surface area contributed by atoms with Crippen molar-refractivity contribution in [2.75, 3.05) is 12.4 Å². The first-order valence-corrected chi connectivity index (χ1v) is 7.80. The molecular formula is C17H17BrN2O3. The minimum absolute atomic E-state index is 0.290. The highest BCUT2D eigenvalue weighted by atomic mass is 79.9. The average Bonchev–Trinajstić information content (AvgIpc) is 2.54. The minimum atomic E-state index is -0.705. The van der Waals surface area contributed by atoms with Crippen molar-refractivity contribution in [1.82, 2.24) is 5.32 Å². The number of hydrogen-bond acceptors (Lipinski definition) is 3. The summed E-state index contributed by atoms with van der Waals surface area (Å²) in [5.74, 6) is -0.656. The van der Waals surface area contributed by atoms with Crippen molar-refractivity contribution < 1.29 is 14.3 Å². The fourth-order valence-corrected chi connectivity index (χ4v) is 2.39. The number of ether oxygens (including phenoxy) is 1. The topological polar surface area (TPSA) is 67.4 Å². The molecule has 0 bridgehead atoms. The van der Waals surface area contributed by atoms with E-state index >= 15 is 0 Å². The van der Waals surface area contributed by atoms with E-state index in [9.17, 15) is 9.59 Å². The standard InChI is InChI=1S/C17H17BrN2O3/c1-11(12-6-8-15(23-2)9-7-12)19-16(21)17(22)20-14-5-3-4-13(18)10-14/h3-11H,1-2H3,(H,19,21)(H,20,22)/t11-/m0/s1. The monoisotopic (exact) mass is 376 g/mol. The Hall–Kier alpha value is -2.34. The second kappa shape index (κ2) is 7.78. The Balaban J connectivity index is 1.95. The van der Waals surface area contributed by atoms with Gasteiger partial charge in [-0.25, -0.2) is 0 Å². The molecule has 0 radical (unpaired) electrons. The van der Waals surface area contributed by atoms with Crippen LogP contribution in [0.25, 0.3) is 0 Å². The van der Waals surface area contributed by atoms with Crippen molar-refractivity contribution in [3.05, 3.63) is 58.6 Å². The van der Waals surface area contributed by atoms with Gasteiger partial charge in [-0.15, -0.1) is 0 Å². The molecule has 2 N–H and O–H groups in total. The van der Waals surface area contributed by atoms with Gasteiger partial charge in [0.15, 0.2) is 0 Å². The molecule has 2 aromatic carbocycles. The van der Waals surface area contributed by atoms with Gasteiger partial charge < -0.3 is 15.4 Å². The molecule has 6 heteroatoms. The average molecular weight is 377 g/mol. The molecule has 2 rings (SSSR count). The largest absolute Gasteiger partial charge is 0.497 e. The van der Waals surface area contributed by atoms with Gasteiger partial charge >= 0.3 is 11.8 Å². The van der Waals surface area contributed by atoms with Gasteiger partial charge in [0.05, 0.1) is 13.2 Å². The highest BCUT2D eigenvalue weighted by Gasteiger charge is 2.17. The van der Waals surface area contributed by atoms with E-state index < -0.39 is 11.8 Å². The Morgan fingerprint density at radius 1 is 1.09 bits per heavy atom. The molecule has 0 heterocycles. The van der Waals surface area contributed by atoms with Crippen LogP contribution in [0.4, 0.5) is 5.69 Å². The fraction of sp³-hybridized carbons (Fsp3) is 0.176. The first-order chi connectivity index (χ1) is 11.0. The molecule has 5 nitrogen and oxygen atoms in total. The first-order valence-electron chi connectivity index (χ1n) is 7.01. The summed E-state index contributed by atoms with van der Waals surface area (Å²) in [5, 5.41) is 5.22. The van der Waals surface area contributed by atoms with Crippen LogP contribution < -0.4 is 15.4 Å². The number of carbonyl (C=O) groups is 2. The number of carbonyl (C=O) groups excluding carboxylic acids is 2. The van der Waals surface area contributed by atoms with E-state index in [4.69, 9.17) is 4.74 Å². The van der Waals surface area contributed by atoms with Gasteiger partial charge in [-0.3, -0.25) is 9.59 Å². The molecule has 0 saturated heterocycles. The maximum Gasteiger partial charge on any atom is 0.313 e. The number of hydrogen-bond donors (Lipinski definition) is 2. The molecule has 0 saturated carbocycles. The lowest BCUT2D eigenvalue weighted by atomic mass is 10.1. The predicted octanol–water partition coefficient (Wildman–Crippen LogP) is 3.27. The molecule has 23 heavy (non-hydrogen) atoms. The van der Waals surface area contributed by atoms with Crippen LogP contribution in [0.5, 0.6) is 5.75 Å². The zero-order chi connectivity index (χ0) is 16.8. The van der Waals surface area contributed by atoms with E-state index in [2.05, 4.69) is 26.6 Å². The van der Waals surface area contributed by atoms with Crippen LogP contribution in [0, 0.1) is 0 Å². The lowest BCUT2D eigenvalue weighted by molar-refractivity contribution is -0.136. The van der Waals surface area contributed by atoms with Crippen molar-refractivity contribution in [2.45, 2.75) is 13.0 Å². The van der Waals surface area contributed by atoms with Crippen LogP contribution in [0.2, 0.25) is 0 Å². The van der Waals surface area contributed by atoms with Crippen molar-refractivity contribution >= 4 is 33.4 Å². The van der Waals surface area contributed by atoms with E-state index in [1.54, 1.807) is 37.4 Å². The molecule has 0 aromatic heterocycles. The SMILES string of the molecule is COc1ccc([C@H](C)NC(=O)C(=O)Nc2cccc(Br)c2)cc1. The Morgan fingerprint density at radius 3 is 2.39 bits per heavy atom. The van der Waals surface area contributed by atoms with E-state index in [0.717, 1.165) is 15.8 Å². The summed E-state index contributed by atoms with van der Waals surface area (Å²) in [6.45, 7) is 1.81. The van der Waals surface area contributed by atoms with E-state index in [-0.39, 0.29) is 6.04 Å².